The second-order valence-corrected chi connectivity index (χ2v) is 8.08. The highest BCUT2D eigenvalue weighted by Crippen LogP contribution is 2.44. The quantitative estimate of drug-likeness (QED) is 0.803. The summed E-state index contributed by atoms with van der Waals surface area (Å²) in [5.74, 6) is 1.41. The molecule has 23 heavy (non-hydrogen) atoms. The van der Waals surface area contributed by atoms with Crippen LogP contribution in [0.2, 0.25) is 5.02 Å². The molecule has 0 radical (unpaired) electrons. The highest BCUT2D eigenvalue weighted by atomic mass is 35.5. The lowest BCUT2D eigenvalue weighted by Gasteiger charge is -2.31. The molecule has 0 aliphatic heterocycles. The van der Waals surface area contributed by atoms with Crippen molar-refractivity contribution < 1.29 is 4.39 Å². The molecule has 0 saturated heterocycles. The molecule has 3 saturated carbocycles. The molecule has 4 rings (SSSR count). The molecule has 1 N–H and O–H groups in total. The first kappa shape index (κ1) is 15.6. The van der Waals surface area contributed by atoms with Gasteiger partial charge in [0.25, 0.3) is 0 Å². The Morgan fingerprint density at radius 3 is 2.70 bits per heavy atom. The van der Waals surface area contributed by atoms with Crippen LogP contribution in [-0.4, -0.2) is 22.1 Å². The second kappa shape index (κ2) is 6.21. The molecule has 5 heteroatoms. The number of thiocarbonyl (C=S) groups is 1. The summed E-state index contributed by atoms with van der Waals surface area (Å²) in [6, 6.07) is 5.81. The average molecular weight is 353 g/mol. The standard InChI is InChI=1S/C18H22ClFN2S/c19-15-2-1-3-16(20)14(15)10-22(13-6-7-13)18(23)21-17-9-11-4-5-12(17)8-11/h1-3,11-13,17H,4-10H2,(H,21,23)/t11-,12-,17+/m0/s1. The van der Waals surface area contributed by atoms with Gasteiger partial charge in [0.15, 0.2) is 5.11 Å². The number of hydrogen-bond acceptors (Lipinski definition) is 1. The smallest absolute Gasteiger partial charge is 0.169 e. The van der Waals surface area contributed by atoms with Gasteiger partial charge in [-0.25, -0.2) is 4.39 Å². The van der Waals surface area contributed by atoms with E-state index in [4.69, 9.17) is 23.8 Å². The van der Waals surface area contributed by atoms with E-state index in [-0.39, 0.29) is 5.82 Å². The lowest BCUT2D eigenvalue weighted by molar-refractivity contribution is 0.347. The van der Waals surface area contributed by atoms with E-state index >= 15 is 0 Å². The van der Waals surface area contributed by atoms with Gasteiger partial charge in [-0.2, -0.15) is 0 Å². The molecule has 3 aliphatic carbocycles. The Kier molecular flexibility index (Phi) is 4.22. The summed E-state index contributed by atoms with van der Waals surface area (Å²) in [5.41, 5.74) is 0.554. The molecule has 124 valence electrons. The first-order valence-corrected chi connectivity index (χ1v) is 9.40. The van der Waals surface area contributed by atoms with Gasteiger partial charge in [-0.1, -0.05) is 24.1 Å². The van der Waals surface area contributed by atoms with Crippen molar-refractivity contribution in [3.05, 3.63) is 34.6 Å². The number of nitrogens with zero attached hydrogens (tertiary/aromatic N) is 1. The van der Waals surface area contributed by atoms with Gasteiger partial charge in [-0.3, -0.25) is 0 Å². The van der Waals surface area contributed by atoms with Crippen LogP contribution in [-0.2, 0) is 6.54 Å². The third-order valence-electron chi connectivity index (χ3n) is 5.69. The monoisotopic (exact) mass is 352 g/mol. The molecule has 0 aromatic heterocycles. The van der Waals surface area contributed by atoms with Gasteiger partial charge >= 0.3 is 0 Å². The highest BCUT2D eigenvalue weighted by Gasteiger charge is 2.41. The van der Waals surface area contributed by atoms with Gasteiger partial charge < -0.3 is 10.2 Å². The number of benzene rings is 1. The summed E-state index contributed by atoms with van der Waals surface area (Å²) < 4.78 is 14.1. The number of hydrogen-bond donors (Lipinski definition) is 1. The fraction of sp³-hybridized carbons (Fsp3) is 0.611. The summed E-state index contributed by atoms with van der Waals surface area (Å²) >= 11 is 11.9. The molecule has 0 spiro atoms. The summed E-state index contributed by atoms with van der Waals surface area (Å²) in [4.78, 5) is 2.14. The maximum absolute atomic E-state index is 14.1. The molecule has 3 atom stereocenters. The van der Waals surface area contributed by atoms with Crippen molar-refractivity contribution in [3.8, 4) is 0 Å². The van der Waals surface area contributed by atoms with Gasteiger partial charge in [0.05, 0.1) is 0 Å². The Morgan fingerprint density at radius 1 is 1.26 bits per heavy atom. The van der Waals surface area contributed by atoms with Crippen molar-refractivity contribution in [1.29, 1.82) is 0 Å². The average Bonchev–Trinajstić information content (AvgIpc) is 3.14. The van der Waals surface area contributed by atoms with Crippen LogP contribution in [0.15, 0.2) is 18.2 Å². The van der Waals surface area contributed by atoms with Crippen LogP contribution < -0.4 is 5.32 Å². The number of halogens is 2. The maximum atomic E-state index is 14.1. The summed E-state index contributed by atoms with van der Waals surface area (Å²) in [6.45, 7) is 0.461. The topological polar surface area (TPSA) is 15.3 Å². The molecule has 3 aliphatic rings. The van der Waals surface area contributed by atoms with Crippen LogP contribution in [0.5, 0.6) is 0 Å². The maximum Gasteiger partial charge on any atom is 0.169 e. The first-order valence-electron chi connectivity index (χ1n) is 8.62. The number of nitrogens with one attached hydrogen (secondary N) is 1. The third kappa shape index (κ3) is 3.20. The van der Waals surface area contributed by atoms with E-state index in [0.717, 1.165) is 29.8 Å². The zero-order valence-corrected chi connectivity index (χ0v) is 14.7. The van der Waals surface area contributed by atoms with Crippen LogP contribution in [0.1, 0.15) is 44.1 Å². The zero-order valence-electron chi connectivity index (χ0n) is 13.1. The Labute approximate surface area is 147 Å². The van der Waals surface area contributed by atoms with Gasteiger partial charge in [0, 0.05) is 29.2 Å². The molecular weight excluding hydrogens is 331 g/mol. The SMILES string of the molecule is Fc1cccc(Cl)c1CN(C(=S)N[C@@H]1C[C@H]2CC[C@H]1C2)C1CC1. The Balaban J connectivity index is 1.46. The van der Waals surface area contributed by atoms with Crippen LogP contribution in [0.25, 0.3) is 0 Å². The highest BCUT2D eigenvalue weighted by molar-refractivity contribution is 7.80. The lowest BCUT2D eigenvalue weighted by Crippen LogP contribution is -2.47. The van der Waals surface area contributed by atoms with Crippen LogP contribution in [0.4, 0.5) is 4.39 Å². The molecule has 0 unspecified atom stereocenters. The number of rotatable bonds is 4. The second-order valence-electron chi connectivity index (χ2n) is 7.29. The van der Waals surface area contributed by atoms with E-state index in [9.17, 15) is 4.39 Å². The van der Waals surface area contributed by atoms with E-state index in [2.05, 4.69) is 10.2 Å². The molecule has 3 fully saturated rings. The first-order chi connectivity index (χ1) is 11.1. The van der Waals surface area contributed by atoms with E-state index in [0.29, 0.717) is 29.2 Å². The Morgan fingerprint density at radius 2 is 2.09 bits per heavy atom. The molecule has 1 aromatic rings. The molecule has 0 heterocycles. The van der Waals surface area contributed by atoms with Crippen LogP contribution >= 0.6 is 23.8 Å². The van der Waals surface area contributed by atoms with Crippen molar-refractivity contribution in [2.45, 2.75) is 57.2 Å². The summed E-state index contributed by atoms with van der Waals surface area (Å²) in [7, 11) is 0. The molecular formula is C18H22ClFN2S. The predicted octanol–water partition coefficient (Wildman–Crippen LogP) is 4.51. The number of fused-ring (bicyclic) bond motifs is 2. The van der Waals surface area contributed by atoms with Crippen molar-refractivity contribution >= 4 is 28.9 Å². The van der Waals surface area contributed by atoms with E-state index in [1.54, 1.807) is 12.1 Å². The molecule has 1 aromatic carbocycles. The summed E-state index contributed by atoms with van der Waals surface area (Å²) in [6.07, 6.45) is 7.56. The molecule has 2 bridgehead atoms. The van der Waals surface area contributed by atoms with Crippen molar-refractivity contribution in [1.82, 2.24) is 10.2 Å². The predicted molar refractivity (Wildman–Crippen MR) is 94.9 cm³/mol. The van der Waals surface area contributed by atoms with Gasteiger partial charge in [0.2, 0.25) is 0 Å². The van der Waals surface area contributed by atoms with Crippen molar-refractivity contribution in [2.75, 3.05) is 0 Å². The van der Waals surface area contributed by atoms with Crippen molar-refractivity contribution in [3.63, 3.8) is 0 Å². The zero-order chi connectivity index (χ0) is 16.0. The minimum Gasteiger partial charge on any atom is -0.360 e. The van der Waals surface area contributed by atoms with Gasteiger partial charge in [0.1, 0.15) is 5.82 Å². The van der Waals surface area contributed by atoms with Crippen LogP contribution in [0, 0.1) is 17.7 Å². The van der Waals surface area contributed by atoms with E-state index < -0.39 is 0 Å². The fourth-order valence-electron chi connectivity index (χ4n) is 4.27. The fourth-order valence-corrected chi connectivity index (χ4v) is 4.86. The minimum absolute atomic E-state index is 0.245. The largest absolute Gasteiger partial charge is 0.360 e. The molecule has 2 nitrogen and oxygen atoms in total. The van der Waals surface area contributed by atoms with E-state index in [1.165, 1.54) is 31.7 Å². The van der Waals surface area contributed by atoms with Gasteiger partial charge in [-0.05, 0) is 68.3 Å². The third-order valence-corrected chi connectivity index (χ3v) is 6.39. The molecule has 0 amide bonds. The van der Waals surface area contributed by atoms with Crippen LogP contribution in [0.3, 0.4) is 0 Å². The van der Waals surface area contributed by atoms with Gasteiger partial charge in [-0.15, -0.1) is 0 Å². The Hall–Kier alpha value is -0.870. The van der Waals surface area contributed by atoms with E-state index in [1.807, 2.05) is 0 Å². The minimum atomic E-state index is -0.245. The summed E-state index contributed by atoms with van der Waals surface area (Å²) in [5, 5.41) is 4.85. The normalized spacial score (nSPS) is 28.9. The van der Waals surface area contributed by atoms with Crippen molar-refractivity contribution in [2.24, 2.45) is 11.8 Å². The Bertz CT molecular complexity index is 599. The lowest BCUT2D eigenvalue weighted by atomic mass is 9.95.